The Morgan fingerprint density at radius 1 is 1.07 bits per heavy atom. The molecule has 1 amide bonds. The van der Waals surface area contributed by atoms with Gasteiger partial charge in [0.15, 0.2) is 0 Å². The number of amides is 1. The lowest BCUT2D eigenvalue weighted by Gasteiger charge is -2.21. The number of carbonyl (C=O) groups excluding carboxylic acids is 1. The third kappa shape index (κ3) is 5.33. The Bertz CT molecular complexity index is 1020. The van der Waals surface area contributed by atoms with Crippen molar-refractivity contribution in [3.8, 4) is 0 Å². The summed E-state index contributed by atoms with van der Waals surface area (Å²) in [5.41, 5.74) is -0.575. The van der Waals surface area contributed by atoms with Gasteiger partial charge in [0.1, 0.15) is 0 Å². The molecule has 0 aliphatic heterocycles. The summed E-state index contributed by atoms with van der Waals surface area (Å²) >= 11 is 6.12. The van der Waals surface area contributed by atoms with Crippen LogP contribution in [0.3, 0.4) is 0 Å². The van der Waals surface area contributed by atoms with Crippen LogP contribution in [0.4, 0.5) is 13.2 Å². The second-order valence-corrected chi connectivity index (χ2v) is 8.94. The van der Waals surface area contributed by atoms with Crippen molar-refractivity contribution in [2.24, 2.45) is 0 Å². The third-order valence-electron chi connectivity index (χ3n) is 4.53. The number of benzene rings is 2. The smallest absolute Gasteiger partial charge is 0.337 e. The molecule has 10 heteroatoms. The number of hydrogen-bond acceptors (Lipinski definition) is 3. The van der Waals surface area contributed by atoms with Crippen LogP contribution in [0, 0.1) is 0 Å². The van der Waals surface area contributed by atoms with Crippen molar-refractivity contribution >= 4 is 27.5 Å². The molecule has 0 aromatic heterocycles. The van der Waals surface area contributed by atoms with Crippen LogP contribution in [0.25, 0.3) is 0 Å². The van der Waals surface area contributed by atoms with Gasteiger partial charge in [-0.2, -0.15) is 17.5 Å². The highest BCUT2D eigenvalue weighted by molar-refractivity contribution is 7.89. The van der Waals surface area contributed by atoms with E-state index in [9.17, 15) is 26.4 Å². The second-order valence-electron chi connectivity index (χ2n) is 6.59. The van der Waals surface area contributed by atoms with Crippen molar-refractivity contribution < 1.29 is 26.4 Å². The minimum absolute atomic E-state index is 0.0422. The van der Waals surface area contributed by atoms with Gasteiger partial charge in [-0.05, 0) is 35.9 Å². The molecule has 0 spiro atoms. The van der Waals surface area contributed by atoms with Crippen molar-refractivity contribution in [1.29, 1.82) is 0 Å². The normalized spacial score (nSPS) is 12.3. The van der Waals surface area contributed by atoms with Gasteiger partial charge in [0.25, 0.3) is 5.91 Å². The highest BCUT2D eigenvalue weighted by atomic mass is 35.5. The largest absolute Gasteiger partial charge is 0.416 e. The number of nitrogens with zero attached hydrogens (tertiary/aromatic N) is 2. The molecule has 0 aliphatic rings. The molecule has 0 saturated heterocycles. The first-order valence-corrected chi connectivity index (χ1v) is 10.9. The molecule has 5 nitrogen and oxygen atoms in total. The van der Waals surface area contributed by atoms with Gasteiger partial charge in [-0.15, -0.1) is 0 Å². The molecule has 2 rings (SSSR count). The first-order chi connectivity index (χ1) is 13.9. The summed E-state index contributed by atoms with van der Waals surface area (Å²) in [5, 5.41) is 0.0504. The molecule has 164 valence electrons. The van der Waals surface area contributed by atoms with Gasteiger partial charge < -0.3 is 4.90 Å². The zero-order valence-electron chi connectivity index (χ0n) is 16.7. The Kier molecular flexibility index (Phi) is 7.54. The maximum atomic E-state index is 12.9. The van der Waals surface area contributed by atoms with Gasteiger partial charge >= 0.3 is 6.18 Å². The van der Waals surface area contributed by atoms with E-state index in [4.69, 9.17) is 11.6 Å². The van der Waals surface area contributed by atoms with Crippen LogP contribution < -0.4 is 0 Å². The zero-order valence-corrected chi connectivity index (χ0v) is 18.3. The fourth-order valence-electron chi connectivity index (χ4n) is 2.94. The lowest BCUT2D eigenvalue weighted by molar-refractivity contribution is -0.137. The monoisotopic (exact) mass is 462 g/mol. The van der Waals surface area contributed by atoms with Crippen LogP contribution in [-0.4, -0.2) is 43.7 Å². The van der Waals surface area contributed by atoms with Crippen LogP contribution in [-0.2, 0) is 22.7 Å². The summed E-state index contributed by atoms with van der Waals surface area (Å²) in [7, 11) is -2.39. The van der Waals surface area contributed by atoms with E-state index in [0.29, 0.717) is 0 Å². The number of hydrogen-bond donors (Lipinski definition) is 0. The van der Waals surface area contributed by atoms with Crippen molar-refractivity contribution in [3.05, 3.63) is 64.2 Å². The molecular weight excluding hydrogens is 441 g/mol. The highest BCUT2D eigenvalue weighted by Gasteiger charge is 2.30. The molecule has 30 heavy (non-hydrogen) atoms. The summed E-state index contributed by atoms with van der Waals surface area (Å²) < 4.78 is 65.4. The van der Waals surface area contributed by atoms with E-state index in [1.54, 1.807) is 13.8 Å². The third-order valence-corrected chi connectivity index (χ3v) is 6.91. The fraction of sp³-hybridized carbons (Fsp3) is 0.350. The van der Waals surface area contributed by atoms with Gasteiger partial charge in [-0.1, -0.05) is 37.6 Å². The van der Waals surface area contributed by atoms with E-state index in [-0.39, 0.29) is 40.7 Å². The molecule has 0 bridgehead atoms. The summed E-state index contributed by atoms with van der Waals surface area (Å²) in [6.07, 6.45) is -4.49. The SMILES string of the molecule is CCN(CC)S(=O)(=O)c1ccc(Cl)c(C(=O)N(C)Cc2cccc(C(F)(F)F)c2)c1. The lowest BCUT2D eigenvalue weighted by atomic mass is 10.1. The van der Waals surface area contributed by atoms with Gasteiger partial charge in [-0.25, -0.2) is 8.42 Å². The molecule has 0 aliphatic carbocycles. The van der Waals surface area contributed by atoms with Crippen molar-refractivity contribution in [1.82, 2.24) is 9.21 Å². The molecule has 0 saturated carbocycles. The summed E-state index contributed by atoms with van der Waals surface area (Å²) in [6, 6.07) is 8.49. The maximum Gasteiger partial charge on any atom is 0.416 e. The Hall–Kier alpha value is -2.10. The number of carbonyl (C=O) groups is 1. The Labute approximate surface area is 179 Å². The Morgan fingerprint density at radius 3 is 2.27 bits per heavy atom. The molecule has 0 radical (unpaired) electrons. The standard InChI is InChI=1S/C20H22ClF3N2O3S/c1-4-26(5-2)30(28,29)16-9-10-18(21)17(12-16)19(27)25(3)13-14-7-6-8-15(11-14)20(22,23)24/h6-12H,4-5,13H2,1-3H3. The minimum atomic E-state index is -4.49. The van der Waals surface area contributed by atoms with Gasteiger partial charge in [0.05, 0.1) is 21.0 Å². The molecule has 0 unspecified atom stereocenters. The molecule has 0 heterocycles. The fourth-order valence-corrected chi connectivity index (χ4v) is 4.62. The van der Waals surface area contributed by atoms with Gasteiger partial charge in [0, 0.05) is 26.7 Å². The van der Waals surface area contributed by atoms with Crippen molar-refractivity contribution in [2.75, 3.05) is 20.1 Å². The Balaban J connectivity index is 2.33. The number of halogens is 4. The predicted octanol–water partition coefficient (Wildman–Crippen LogP) is 4.66. The van der Waals surface area contributed by atoms with E-state index in [1.165, 1.54) is 46.6 Å². The summed E-state index contributed by atoms with van der Waals surface area (Å²) in [5.74, 6) is -0.603. The van der Waals surface area contributed by atoms with Crippen LogP contribution in [0.2, 0.25) is 5.02 Å². The van der Waals surface area contributed by atoms with Crippen molar-refractivity contribution in [3.63, 3.8) is 0 Å². The van der Waals surface area contributed by atoms with E-state index in [0.717, 1.165) is 12.1 Å². The van der Waals surface area contributed by atoms with Gasteiger partial charge in [0.2, 0.25) is 10.0 Å². The maximum absolute atomic E-state index is 12.9. The summed E-state index contributed by atoms with van der Waals surface area (Å²) in [6.45, 7) is 3.82. The number of alkyl halides is 3. The first-order valence-electron chi connectivity index (χ1n) is 9.13. The second kappa shape index (κ2) is 9.36. The average Bonchev–Trinajstić information content (AvgIpc) is 2.68. The van der Waals surface area contributed by atoms with Gasteiger partial charge in [-0.3, -0.25) is 4.79 Å². The van der Waals surface area contributed by atoms with Crippen LogP contribution in [0.15, 0.2) is 47.4 Å². The molecule has 2 aromatic carbocycles. The lowest BCUT2D eigenvalue weighted by Crippen LogP contribution is -2.31. The van der Waals surface area contributed by atoms with Crippen LogP contribution >= 0.6 is 11.6 Å². The van der Waals surface area contributed by atoms with E-state index in [1.807, 2.05) is 0 Å². The average molecular weight is 463 g/mol. The number of sulfonamides is 1. The van der Waals surface area contributed by atoms with Crippen molar-refractivity contribution in [2.45, 2.75) is 31.5 Å². The van der Waals surface area contributed by atoms with Crippen LogP contribution in [0.5, 0.6) is 0 Å². The van der Waals surface area contributed by atoms with E-state index < -0.39 is 27.7 Å². The number of rotatable bonds is 7. The quantitative estimate of drug-likeness (QED) is 0.601. The van der Waals surface area contributed by atoms with E-state index in [2.05, 4.69) is 0 Å². The topological polar surface area (TPSA) is 57.7 Å². The molecule has 0 fully saturated rings. The minimum Gasteiger partial charge on any atom is -0.337 e. The van der Waals surface area contributed by atoms with Crippen LogP contribution in [0.1, 0.15) is 35.3 Å². The highest BCUT2D eigenvalue weighted by Crippen LogP contribution is 2.30. The summed E-state index contributed by atoms with van der Waals surface area (Å²) in [4.78, 5) is 14.0. The molecule has 0 atom stereocenters. The first kappa shape index (κ1) is 24.2. The zero-order chi connectivity index (χ0) is 22.7. The predicted molar refractivity (Wildman–Crippen MR) is 109 cm³/mol. The Morgan fingerprint density at radius 2 is 1.70 bits per heavy atom. The van der Waals surface area contributed by atoms with E-state index >= 15 is 0 Å². The molecule has 0 N–H and O–H groups in total. The molecule has 2 aromatic rings. The molecular formula is C20H22ClF3N2O3S.